The molecule has 0 aromatic heterocycles. The van der Waals surface area contributed by atoms with Crippen molar-refractivity contribution >= 4 is 35.0 Å². The number of hydrogen-bond acceptors (Lipinski definition) is 2. The molecule has 16 heavy (non-hydrogen) atoms. The van der Waals surface area contributed by atoms with Crippen molar-refractivity contribution in [2.24, 2.45) is 5.92 Å². The summed E-state index contributed by atoms with van der Waals surface area (Å²) < 4.78 is 0. The second-order valence-corrected chi connectivity index (χ2v) is 4.60. The molecule has 1 atom stereocenters. The number of ketones is 1. The van der Waals surface area contributed by atoms with Crippen molar-refractivity contribution in [1.82, 2.24) is 0 Å². The molecule has 0 radical (unpaired) electrons. The Morgan fingerprint density at radius 3 is 2.62 bits per heavy atom. The van der Waals surface area contributed by atoms with Crippen LogP contribution in [0.3, 0.4) is 0 Å². The number of carbonyl (C=O) groups is 2. The Kier molecular flexibility index (Phi) is 2.91. The molecule has 1 aromatic rings. The number of rotatable bonds is 2. The molecule has 0 saturated heterocycles. The quantitative estimate of drug-likeness (QED) is 0.888. The molecule has 0 amide bonds. The van der Waals surface area contributed by atoms with E-state index in [1.807, 2.05) is 0 Å². The van der Waals surface area contributed by atoms with Gasteiger partial charge < -0.3 is 5.11 Å². The van der Waals surface area contributed by atoms with Crippen LogP contribution in [0.25, 0.3) is 0 Å². The Labute approximate surface area is 102 Å². The van der Waals surface area contributed by atoms with E-state index in [4.69, 9.17) is 28.3 Å². The van der Waals surface area contributed by atoms with E-state index in [2.05, 4.69) is 0 Å². The van der Waals surface area contributed by atoms with E-state index in [-0.39, 0.29) is 12.2 Å². The summed E-state index contributed by atoms with van der Waals surface area (Å²) in [4.78, 5) is 22.4. The highest BCUT2D eigenvalue weighted by atomic mass is 35.5. The van der Waals surface area contributed by atoms with Crippen molar-refractivity contribution in [3.05, 3.63) is 33.3 Å². The summed E-state index contributed by atoms with van der Waals surface area (Å²) >= 11 is 11.6. The third-order valence-corrected chi connectivity index (χ3v) is 3.39. The van der Waals surface area contributed by atoms with E-state index >= 15 is 0 Å². The third-order valence-electron chi connectivity index (χ3n) is 2.67. The maximum absolute atomic E-state index is 11.8. The van der Waals surface area contributed by atoms with E-state index in [0.29, 0.717) is 22.0 Å². The summed E-state index contributed by atoms with van der Waals surface area (Å²) in [6, 6.07) is 3.16. The smallest absolute Gasteiger partial charge is 0.304 e. The molecule has 2 rings (SSSR count). The van der Waals surface area contributed by atoms with Crippen LogP contribution in [0.5, 0.6) is 0 Å². The normalized spacial score (nSPS) is 18.6. The number of carboxylic acid groups (broad SMARTS) is 1. The van der Waals surface area contributed by atoms with E-state index in [9.17, 15) is 9.59 Å². The van der Waals surface area contributed by atoms with Gasteiger partial charge in [0.2, 0.25) is 0 Å². The van der Waals surface area contributed by atoms with E-state index in [0.717, 1.165) is 5.56 Å². The van der Waals surface area contributed by atoms with Crippen LogP contribution in [-0.2, 0) is 11.2 Å². The van der Waals surface area contributed by atoms with Gasteiger partial charge in [-0.25, -0.2) is 0 Å². The highest BCUT2D eigenvalue weighted by Crippen LogP contribution is 2.34. The van der Waals surface area contributed by atoms with Crippen LogP contribution in [0, 0.1) is 5.92 Å². The minimum Gasteiger partial charge on any atom is -0.481 e. The molecule has 1 aromatic carbocycles. The number of aliphatic carboxylic acids is 1. The number of benzene rings is 1. The van der Waals surface area contributed by atoms with Crippen LogP contribution in [-0.4, -0.2) is 16.9 Å². The van der Waals surface area contributed by atoms with E-state index < -0.39 is 11.9 Å². The van der Waals surface area contributed by atoms with Crippen molar-refractivity contribution in [2.45, 2.75) is 12.8 Å². The fourth-order valence-corrected chi connectivity index (χ4v) is 2.29. The van der Waals surface area contributed by atoms with Gasteiger partial charge in [-0.05, 0) is 24.1 Å². The molecular weight excluding hydrogens is 251 g/mol. The number of halogens is 2. The van der Waals surface area contributed by atoms with Crippen molar-refractivity contribution in [3.8, 4) is 0 Å². The monoisotopic (exact) mass is 258 g/mol. The van der Waals surface area contributed by atoms with Gasteiger partial charge in [-0.1, -0.05) is 23.2 Å². The third kappa shape index (κ3) is 1.93. The second-order valence-electron chi connectivity index (χ2n) is 3.79. The molecule has 1 aliphatic carbocycles. The first-order valence-corrected chi connectivity index (χ1v) is 5.48. The van der Waals surface area contributed by atoms with Crippen LogP contribution >= 0.6 is 23.2 Å². The van der Waals surface area contributed by atoms with Gasteiger partial charge in [0.05, 0.1) is 16.5 Å². The number of hydrogen-bond donors (Lipinski definition) is 1. The summed E-state index contributed by atoms with van der Waals surface area (Å²) in [5.74, 6) is -1.61. The lowest BCUT2D eigenvalue weighted by Gasteiger charge is -2.01. The average Bonchev–Trinajstić information content (AvgIpc) is 2.45. The Balaban J connectivity index is 2.35. The maximum Gasteiger partial charge on any atom is 0.304 e. The lowest BCUT2D eigenvalue weighted by molar-refractivity contribution is -0.137. The molecule has 0 spiro atoms. The molecule has 5 heteroatoms. The predicted molar refractivity (Wildman–Crippen MR) is 60.2 cm³/mol. The highest BCUT2D eigenvalue weighted by molar-refractivity contribution is 6.42. The molecular formula is C11H8Cl2O3. The molecule has 0 saturated carbocycles. The zero-order chi connectivity index (χ0) is 11.9. The zero-order valence-corrected chi connectivity index (χ0v) is 9.68. The van der Waals surface area contributed by atoms with Gasteiger partial charge in [0.25, 0.3) is 0 Å². The van der Waals surface area contributed by atoms with Crippen molar-refractivity contribution in [2.75, 3.05) is 0 Å². The van der Waals surface area contributed by atoms with E-state index in [1.54, 1.807) is 6.07 Å². The van der Waals surface area contributed by atoms with Crippen molar-refractivity contribution < 1.29 is 14.7 Å². The van der Waals surface area contributed by atoms with Gasteiger partial charge in [-0.3, -0.25) is 9.59 Å². The molecule has 0 fully saturated rings. The van der Waals surface area contributed by atoms with Gasteiger partial charge in [-0.2, -0.15) is 0 Å². The van der Waals surface area contributed by atoms with Gasteiger partial charge in [0, 0.05) is 11.5 Å². The molecule has 0 heterocycles. The first-order valence-electron chi connectivity index (χ1n) is 4.73. The van der Waals surface area contributed by atoms with Crippen LogP contribution in [0.4, 0.5) is 0 Å². The molecule has 0 aliphatic heterocycles. The fourth-order valence-electron chi connectivity index (χ4n) is 1.94. The summed E-state index contributed by atoms with van der Waals surface area (Å²) in [5, 5.41) is 9.39. The predicted octanol–water partition coefficient (Wildman–Crippen LogP) is 2.82. The average molecular weight is 259 g/mol. The Morgan fingerprint density at radius 2 is 2.00 bits per heavy atom. The number of carbonyl (C=O) groups excluding carboxylic acids is 1. The Morgan fingerprint density at radius 1 is 1.38 bits per heavy atom. The highest BCUT2D eigenvalue weighted by Gasteiger charge is 2.32. The first-order chi connectivity index (χ1) is 7.49. The summed E-state index contributed by atoms with van der Waals surface area (Å²) in [6.07, 6.45) is 0.278. The van der Waals surface area contributed by atoms with Crippen LogP contribution in [0.15, 0.2) is 12.1 Å². The molecule has 1 unspecified atom stereocenters. The first kappa shape index (κ1) is 11.4. The van der Waals surface area contributed by atoms with Gasteiger partial charge in [0.1, 0.15) is 0 Å². The number of Topliss-reactive ketones (excluding diaryl/α,β-unsaturated/α-hetero) is 1. The molecule has 1 aliphatic rings. The fraction of sp³-hybridized carbons (Fsp3) is 0.273. The van der Waals surface area contributed by atoms with Crippen molar-refractivity contribution in [3.63, 3.8) is 0 Å². The largest absolute Gasteiger partial charge is 0.481 e. The van der Waals surface area contributed by atoms with Gasteiger partial charge in [0.15, 0.2) is 5.78 Å². The van der Waals surface area contributed by atoms with Crippen LogP contribution < -0.4 is 0 Å². The van der Waals surface area contributed by atoms with Crippen molar-refractivity contribution in [1.29, 1.82) is 0 Å². The van der Waals surface area contributed by atoms with Crippen LogP contribution in [0.2, 0.25) is 10.0 Å². The number of carboxylic acids is 1. The topological polar surface area (TPSA) is 54.4 Å². The number of fused-ring (bicyclic) bond motifs is 1. The second kappa shape index (κ2) is 4.07. The molecule has 0 bridgehead atoms. The van der Waals surface area contributed by atoms with Gasteiger partial charge in [-0.15, -0.1) is 0 Å². The minimum atomic E-state index is -0.969. The lowest BCUT2D eigenvalue weighted by atomic mass is 10.0. The molecule has 3 nitrogen and oxygen atoms in total. The van der Waals surface area contributed by atoms with E-state index in [1.165, 1.54) is 6.07 Å². The standard InChI is InChI=1S/C11H8Cl2O3/c12-8-2-5-1-6(3-10(14)15)11(16)7(5)4-9(8)13/h2,4,6H,1,3H2,(H,14,15). The lowest BCUT2D eigenvalue weighted by Crippen LogP contribution is -2.13. The summed E-state index contributed by atoms with van der Waals surface area (Å²) in [5.41, 5.74) is 1.28. The SMILES string of the molecule is O=C(O)CC1Cc2cc(Cl)c(Cl)cc2C1=O. The van der Waals surface area contributed by atoms with Crippen LogP contribution in [0.1, 0.15) is 22.3 Å². The Hall–Kier alpha value is -1.06. The molecule has 1 N–H and O–H groups in total. The van der Waals surface area contributed by atoms with Gasteiger partial charge >= 0.3 is 5.97 Å². The Bertz CT molecular complexity index is 482. The zero-order valence-electron chi connectivity index (χ0n) is 8.17. The maximum atomic E-state index is 11.8. The minimum absolute atomic E-state index is 0.150. The summed E-state index contributed by atoms with van der Waals surface area (Å²) in [7, 11) is 0. The molecule has 84 valence electrons. The summed E-state index contributed by atoms with van der Waals surface area (Å²) in [6.45, 7) is 0.